The number of hydrogen-bond donors (Lipinski definition) is 3. The van der Waals surface area contributed by atoms with Gasteiger partial charge >= 0.3 is 6.03 Å². The van der Waals surface area contributed by atoms with Gasteiger partial charge in [-0.3, -0.25) is 14.9 Å². The van der Waals surface area contributed by atoms with Crippen molar-refractivity contribution < 1.29 is 19.1 Å². The van der Waals surface area contributed by atoms with Crippen LogP contribution in [0.2, 0.25) is 0 Å². The largest absolute Gasteiger partial charge is 0.483 e. The van der Waals surface area contributed by atoms with E-state index in [2.05, 4.69) is 24.5 Å². The number of amides is 4. The summed E-state index contributed by atoms with van der Waals surface area (Å²) in [5.74, 6) is -0.112. The van der Waals surface area contributed by atoms with Crippen molar-refractivity contribution in [3.8, 4) is 5.75 Å². The molecule has 7 nitrogen and oxygen atoms in total. The molecule has 0 bridgehead atoms. The molecule has 0 unspecified atom stereocenters. The third-order valence-electron chi connectivity index (χ3n) is 4.79. The maximum atomic E-state index is 12.0. The van der Waals surface area contributed by atoms with E-state index < -0.39 is 17.8 Å². The van der Waals surface area contributed by atoms with E-state index >= 15 is 0 Å². The van der Waals surface area contributed by atoms with Crippen LogP contribution in [-0.4, -0.2) is 30.5 Å². The van der Waals surface area contributed by atoms with Crippen molar-refractivity contribution in [2.45, 2.75) is 39.2 Å². The Kier molecular flexibility index (Phi) is 6.38. The number of primary amides is 1. The molecule has 1 aromatic rings. The lowest BCUT2D eigenvalue weighted by Crippen LogP contribution is -2.50. The predicted octanol–water partition coefficient (Wildman–Crippen LogP) is 1.81. The molecule has 4 N–H and O–H groups in total. The Morgan fingerprint density at radius 1 is 1.20 bits per heavy atom. The quantitative estimate of drug-likeness (QED) is 0.754. The van der Waals surface area contributed by atoms with Gasteiger partial charge in [0.05, 0.1) is 5.56 Å². The Bertz CT molecular complexity index is 647. The Morgan fingerprint density at radius 2 is 1.92 bits per heavy atom. The predicted molar refractivity (Wildman–Crippen MR) is 93.1 cm³/mol. The van der Waals surface area contributed by atoms with Gasteiger partial charge in [0.1, 0.15) is 5.75 Å². The first-order chi connectivity index (χ1) is 11.9. The van der Waals surface area contributed by atoms with Gasteiger partial charge in [-0.05, 0) is 30.4 Å². The SMILES string of the molecule is C[C@@H]1[C@H](C)CCC[C@H]1NC(=O)NC(=O)COc1ccccc1C(N)=O. The van der Waals surface area contributed by atoms with E-state index in [0.29, 0.717) is 11.8 Å². The minimum Gasteiger partial charge on any atom is -0.483 e. The average molecular weight is 347 g/mol. The number of para-hydroxylation sites is 1. The molecular formula is C18H25N3O4. The monoisotopic (exact) mass is 347 g/mol. The zero-order valence-corrected chi connectivity index (χ0v) is 14.6. The third-order valence-corrected chi connectivity index (χ3v) is 4.79. The van der Waals surface area contributed by atoms with E-state index in [0.717, 1.165) is 19.3 Å². The smallest absolute Gasteiger partial charge is 0.321 e. The molecular weight excluding hydrogens is 322 g/mol. The molecule has 136 valence electrons. The lowest BCUT2D eigenvalue weighted by molar-refractivity contribution is -0.122. The van der Waals surface area contributed by atoms with Gasteiger partial charge in [-0.1, -0.05) is 38.8 Å². The van der Waals surface area contributed by atoms with Crippen LogP contribution in [0.5, 0.6) is 5.75 Å². The van der Waals surface area contributed by atoms with Gasteiger partial charge in [-0.15, -0.1) is 0 Å². The van der Waals surface area contributed by atoms with Crippen molar-refractivity contribution >= 4 is 17.8 Å². The third kappa shape index (κ3) is 5.20. The van der Waals surface area contributed by atoms with Gasteiger partial charge < -0.3 is 15.8 Å². The van der Waals surface area contributed by atoms with Gasteiger partial charge in [0, 0.05) is 6.04 Å². The molecule has 25 heavy (non-hydrogen) atoms. The lowest BCUT2D eigenvalue weighted by Gasteiger charge is -2.34. The number of urea groups is 1. The molecule has 3 atom stereocenters. The highest BCUT2D eigenvalue weighted by molar-refractivity contribution is 5.96. The first kappa shape index (κ1) is 18.8. The number of nitrogens with two attached hydrogens (primary N) is 1. The number of carbonyl (C=O) groups is 3. The Morgan fingerprint density at radius 3 is 2.64 bits per heavy atom. The first-order valence-corrected chi connectivity index (χ1v) is 8.50. The summed E-state index contributed by atoms with van der Waals surface area (Å²) in [5.41, 5.74) is 5.43. The van der Waals surface area contributed by atoms with Crippen molar-refractivity contribution in [2.24, 2.45) is 17.6 Å². The van der Waals surface area contributed by atoms with Crippen LogP contribution in [0.4, 0.5) is 4.79 Å². The average Bonchev–Trinajstić information content (AvgIpc) is 2.57. The standard InChI is InChI=1S/C18H25N3O4/c1-11-6-5-8-14(12(11)2)20-18(24)21-16(22)10-25-15-9-4-3-7-13(15)17(19)23/h3-4,7,9,11-12,14H,5-6,8,10H2,1-2H3,(H2,19,23)(H2,20,21,22,24)/t11-,12-,14-/m1/s1. The summed E-state index contributed by atoms with van der Waals surface area (Å²) in [7, 11) is 0. The summed E-state index contributed by atoms with van der Waals surface area (Å²) in [6.45, 7) is 3.90. The molecule has 7 heteroatoms. The van der Waals surface area contributed by atoms with E-state index in [-0.39, 0.29) is 24.0 Å². The summed E-state index contributed by atoms with van der Waals surface area (Å²) in [6, 6.07) is 5.90. The maximum absolute atomic E-state index is 12.0. The second kappa shape index (κ2) is 8.50. The zero-order valence-electron chi connectivity index (χ0n) is 14.6. The van der Waals surface area contributed by atoms with Crippen LogP contribution < -0.4 is 21.1 Å². The van der Waals surface area contributed by atoms with E-state index in [9.17, 15) is 14.4 Å². The van der Waals surface area contributed by atoms with Crippen molar-refractivity contribution in [3.05, 3.63) is 29.8 Å². The summed E-state index contributed by atoms with van der Waals surface area (Å²) in [6.07, 6.45) is 3.14. The number of nitrogens with one attached hydrogen (secondary N) is 2. The molecule has 1 aliphatic carbocycles. The van der Waals surface area contributed by atoms with Crippen molar-refractivity contribution in [3.63, 3.8) is 0 Å². The number of hydrogen-bond acceptors (Lipinski definition) is 4. The van der Waals surface area contributed by atoms with Crippen molar-refractivity contribution in [2.75, 3.05) is 6.61 Å². The van der Waals surface area contributed by atoms with E-state index in [1.165, 1.54) is 6.07 Å². The van der Waals surface area contributed by atoms with Gasteiger partial charge in [-0.2, -0.15) is 0 Å². The molecule has 0 aliphatic heterocycles. The second-order valence-corrected chi connectivity index (χ2v) is 6.54. The zero-order chi connectivity index (χ0) is 18.4. The Balaban J connectivity index is 1.82. The minimum absolute atomic E-state index is 0.0630. The maximum Gasteiger partial charge on any atom is 0.321 e. The van der Waals surface area contributed by atoms with Gasteiger partial charge in [0.15, 0.2) is 6.61 Å². The topological polar surface area (TPSA) is 111 Å². The van der Waals surface area contributed by atoms with Crippen LogP contribution in [-0.2, 0) is 4.79 Å². The number of rotatable bonds is 5. The van der Waals surface area contributed by atoms with Crippen LogP contribution in [0.25, 0.3) is 0 Å². The van der Waals surface area contributed by atoms with Crippen LogP contribution >= 0.6 is 0 Å². The Labute approximate surface area is 147 Å². The van der Waals surface area contributed by atoms with Gasteiger partial charge in [-0.25, -0.2) is 4.79 Å². The highest BCUT2D eigenvalue weighted by Crippen LogP contribution is 2.29. The van der Waals surface area contributed by atoms with E-state index in [1.54, 1.807) is 18.2 Å². The molecule has 1 saturated carbocycles. The Hall–Kier alpha value is -2.57. The molecule has 4 amide bonds. The van der Waals surface area contributed by atoms with Gasteiger partial charge in [0.2, 0.25) is 0 Å². The van der Waals surface area contributed by atoms with Crippen LogP contribution in [0.15, 0.2) is 24.3 Å². The number of imide groups is 1. The van der Waals surface area contributed by atoms with E-state index in [4.69, 9.17) is 10.5 Å². The fourth-order valence-electron chi connectivity index (χ4n) is 3.09. The molecule has 1 fully saturated rings. The molecule has 1 aliphatic rings. The summed E-state index contributed by atoms with van der Waals surface area (Å²) in [5, 5.41) is 5.11. The van der Waals surface area contributed by atoms with Crippen LogP contribution in [0, 0.1) is 11.8 Å². The highest BCUT2D eigenvalue weighted by Gasteiger charge is 2.28. The van der Waals surface area contributed by atoms with Crippen molar-refractivity contribution in [1.82, 2.24) is 10.6 Å². The minimum atomic E-state index is -0.644. The lowest BCUT2D eigenvalue weighted by atomic mass is 9.78. The summed E-state index contributed by atoms with van der Waals surface area (Å²) in [4.78, 5) is 35.2. The highest BCUT2D eigenvalue weighted by atomic mass is 16.5. The number of benzene rings is 1. The fourth-order valence-corrected chi connectivity index (χ4v) is 3.09. The van der Waals surface area contributed by atoms with Crippen LogP contribution in [0.3, 0.4) is 0 Å². The second-order valence-electron chi connectivity index (χ2n) is 6.54. The number of ether oxygens (including phenoxy) is 1. The molecule has 1 aromatic carbocycles. The molecule has 2 rings (SSSR count). The molecule has 0 aromatic heterocycles. The molecule has 0 heterocycles. The van der Waals surface area contributed by atoms with Gasteiger partial charge in [0.25, 0.3) is 11.8 Å². The summed E-state index contributed by atoms with van der Waals surface area (Å²) < 4.78 is 5.30. The van der Waals surface area contributed by atoms with Crippen molar-refractivity contribution in [1.29, 1.82) is 0 Å². The normalized spacial score (nSPS) is 22.7. The fraction of sp³-hybridized carbons (Fsp3) is 0.500. The van der Waals surface area contributed by atoms with E-state index in [1.807, 2.05) is 0 Å². The molecule has 0 spiro atoms. The molecule has 0 saturated heterocycles. The number of carbonyl (C=O) groups excluding carboxylic acids is 3. The summed E-state index contributed by atoms with van der Waals surface area (Å²) >= 11 is 0. The van der Waals surface area contributed by atoms with Crippen LogP contribution in [0.1, 0.15) is 43.5 Å². The molecule has 0 radical (unpaired) electrons. The first-order valence-electron chi connectivity index (χ1n) is 8.50.